The SMILES string of the molecule is C#CCC1(O)CCN(C(=O)Nc2nc3c(C4CCOCC4)ccc(OC)c3[nH]2)CC1. The highest BCUT2D eigenvalue weighted by Crippen LogP contribution is 2.36. The number of H-pyrrole nitrogens is 1. The number of piperidine rings is 1. The van der Waals surface area contributed by atoms with Crippen LogP contribution in [0.2, 0.25) is 0 Å². The van der Waals surface area contributed by atoms with Crippen molar-refractivity contribution in [3.05, 3.63) is 17.7 Å². The van der Waals surface area contributed by atoms with E-state index in [1.807, 2.05) is 6.07 Å². The summed E-state index contributed by atoms with van der Waals surface area (Å²) < 4.78 is 11.0. The van der Waals surface area contributed by atoms with Crippen LogP contribution in [0.5, 0.6) is 5.75 Å². The highest BCUT2D eigenvalue weighted by Gasteiger charge is 2.33. The average molecular weight is 412 g/mol. The van der Waals surface area contributed by atoms with Gasteiger partial charge in [0.25, 0.3) is 0 Å². The number of carbonyl (C=O) groups is 1. The molecule has 0 bridgehead atoms. The van der Waals surface area contributed by atoms with Crippen LogP contribution < -0.4 is 10.1 Å². The van der Waals surface area contributed by atoms with Crippen molar-refractivity contribution in [2.24, 2.45) is 0 Å². The lowest BCUT2D eigenvalue weighted by Crippen LogP contribution is -2.47. The van der Waals surface area contributed by atoms with Crippen molar-refractivity contribution in [2.45, 2.75) is 43.6 Å². The third-order valence-corrected chi connectivity index (χ3v) is 6.16. The minimum atomic E-state index is -0.878. The Morgan fingerprint density at radius 2 is 2.17 bits per heavy atom. The van der Waals surface area contributed by atoms with Crippen molar-refractivity contribution in [3.8, 4) is 18.1 Å². The molecule has 2 aliphatic rings. The number of fused-ring (bicyclic) bond motifs is 1. The summed E-state index contributed by atoms with van der Waals surface area (Å²) >= 11 is 0. The number of rotatable bonds is 4. The number of hydrogen-bond acceptors (Lipinski definition) is 5. The molecule has 2 aromatic rings. The van der Waals surface area contributed by atoms with E-state index < -0.39 is 5.60 Å². The van der Waals surface area contributed by atoms with Crippen molar-refractivity contribution in [2.75, 3.05) is 38.7 Å². The van der Waals surface area contributed by atoms with Crippen LogP contribution in [-0.4, -0.2) is 65.0 Å². The number of benzene rings is 1. The van der Waals surface area contributed by atoms with E-state index in [1.54, 1.807) is 12.0 Å². The van der Waals surface area contributed by atoms with E-state index in [9.17, 15) is 9.90 Å². The molecule has 3 N–H and O–H groups in total. The topological polar surface area (TPSA) is 99.7 Å². The van der Waals surface area contributed by atoms with Gasteiger partial charge < -0.3 is 24.5 Å². The number of hydrogen-bond donors (Lipinski definition) is 3. The number of urea groups is 1. The van der Waals surface area contributed by atoms with Crippen molar-refractivity contribution >= 4 is 23.0 Å². The number of imidazole rings is 1. The van der Waals surface area contributed by atoms with Gasteiger partial charge in [-0.3, -0.25) is 5.32 Å². The largest absolute Gasteiger partial charge is 0.494 e. The molecule has 8 heteroatoms. The zero-order valence-electron chi connectivity index (χ0n) is 17.2. The maximum atomic E-state index is 12.7. The number of nitrogens with one attached hydrogen (secondary N) is 2. The molecule has 3 heterocycles. The van der Waals surface area contributed by atoms with Gasteiger partial charge in [0.2, 0.25) is 5.95 Å². The fourth-order valence-electron chi connectivity index (χ4n) is 4.33. The van der Waals surface area contributed by atoms with Gasteiger partial charge in [-0.05, 0) is 43.2 Å². The van der Waals surface area contributed by atoms with Crippen LogP contribution in [0.1, 0.15) is 43.6 Å². The summed E-state index contributed by atoms with van der Waals surface area (Å²) in [5.74, 6) is 3.96. The molecule has 0 saturated carbocycles. The Kier molecular flexibility index (Phi) is 5.84. The number of terminal acetylenes is 1. The fourth-order valence-corrected chi connectivity index (χ4v) is 4.33. The molecule has 2 saturated heterocycles. The minimum absolute atomic E-state index is 0.247. The van der Waals surface area contributed by atoms with Gasteiger partial charge in [-0.25, -0.2) is 9.78 Å². The number of aromatic nitrogens is 2. The van der Waals surface area contributed by atoms with Crippen molar-refractivity contribution in [3.63, 3.8) is 0 Å². The molecule has 8 nitrogen and oxygen atoms in total. The van der Waals surface area contributed by atoms with Crippen molar-refractivity contribution in [1.29, 1.82) is 0 Å². The third kappa shape index (κ3) is 4.09. The first-order chi connectivity index (χ1) is 14.5. The third-order valence-electron chi connectivity index (χ3n) is 6.16. The van der Waals surface area contributed by atoms with E-state index in [2.05, 4.69) is 27.3 Å². The lowest BCUT2D eigenvalue weighted by molar-refractivity contribution is -0.00644. The molecule has 4 rings (SSSR count). The van der Waals surface area contributed by atoms with Crippen LogP contribution >= 0.6 is 0 Å². The van der Waals surface area contributed by atoms with Gasteiger partial charge in [-0.2, -0.15) is 0 Å². The van der Waals surface area contributed by atoms with Crippen LogP contribution in [0.25, 0.3) is 11.0 Å². The number of likely N-dealkylation sites (tertiary alicyclic amines) is 1. The number of aliphatic hydroxyl groups is 1. The lowest BCUT2D eigenvalue weighted by atomic mass is 9.89. The highest BCUT2D eigenvalue weighted by molar-refractivity contribution is 5.92. The van der Waals surface area contributed by atoms with E-state index in [1.165, 1.54) is 0 Å². The summed E-state index contributed by atoms with van der Waals surface area (Å²) in [7, 11) is 1.62. The molecular weight excluding hydrogens is 384 g/mol. The average Bonchev–Trinajstić information content (AvgIpc) is 3.17. The first-order valence-corrected chi connectivity index (χ1v) is 10.4. The van der Waals surface area contributed by atoms with E-state index in [4.69, 9.17) is 15.9 Å². The molecule has 0 spiro atoms. The highest BCUT2D eigenvalue weighted by atomic mass is 16.5. The van der Waals surface area contributed by atoms with Gasteiger partial charge in [-0.15, -0.1) is 12.3 Å². The second kappa shape index (κ2) is 8.54. The predicted octanol–water partition coefficient (Wildman–Crippen LogP) is 2.85. The van der Waals surface area contributed by atoms with Gasteiger partial charge >= 0.3 is 6.03 Å². The molecule has 1 aromatic carbocycles. The Morgan fingerprint density at radius 1 is 1.43 bits per heavy atom. The number of carbonyl (C=O) groups excluding carboxylic acids is 1. The van der Waals surface area contributed by atoms with Crippen LogP contribution in [0.15, 0.2) is 12.1 Å². The first kappa shape index (κ1) is 20.5. The quantitative estimate of drug-likeness (QED) is 0.671. The molecule has 0 radical (unpaired) electrons. The van der Waals surface area contributed by atoms with Crippen LogP contribution in [0.4, 0.5) is 10.7 Å². The number of ether oxygens (including phenoxy) is 2. The molecule has 2 aliphatic heterocycles. The molecule has 0 atom stereocenters. The fraction of sp³-hybridized carbons (Fsp3) is 0.545. The second-order valence-electron chi connectivity index (χ2n) is 8.08. The van der Waals surface area contributed by atoms with Crippen LogP contribution in [0.3, 0.4) is 0 Å². The first-order valence-electron chi connectivity index (χ1n) is 10.4. The van der Waals surface area contributed by atoms with E-state index in [0.717, 1.165) is 42.7 Å². The Labute approximate surface area is 175 Å². The van der Waals surface area contributed by atoms with Gasteiger partial charge in [-0.1, -0.05) is 6.07 Å². The monoisotopic (exact) mass is 412 g/mol. The molecular formula is C22H28N4O4. The Morgan fingerprint density at radius 3 is 2.83 bits per heavy atom. The zero-order chi connectivity index (χ0) is 21.1. The van der Waals surface area contributed by atoms with Crippen molar-refractivity contribution < 1.29 is 19.4 Å². The van der Waals surface area contributed by atoms with Gasteiger partial charge in [0.15, 0.2) is 0 Å². The van der Waals surface area contributed by atoms with Gasteiger partial charge in [0.1, 0.15) is 11.3 Å². The maximum absolute atomic E-state index is 12.7. The summed E-state index contributed by atoms with van der Waals surface area (Å²) in [6, 6.07) is 3.75. The van der Waals surface area contributed by atoms with Gasteiger partial charge in [0.05, 0.1) is 18.2 Å². The minimum Gasteiger partial charge on any atom is -0.494 e. The molecule has 1 aromatic heterocycles. The van der Waals surface area contributed by atoms with E-state index in [-0.39, 0.29) is 6.03 Å². The summed E-state index contributed by atoms with van der Waals surface area (Å²) in [6.45, 7) is 2.38. The number of aromatic amines is 1. The molecule has 0 unspecified atom stereocenters. The molecule has 30 heavy (non-hydrogen) atoms. The standard InChI is InChI=1S/C22H28N4O4/c1-3-8-22(28)9-11-26(12-10-22)21(27)25-20-23-18-16(15-6-13-30-14-7-15)4-5-17(29-2)19(18)24-20/h1,4-5,15,28H,6-14H2,2H3,(H2,23,24,25,27). The Hall–Kier alpha value is -2.76. The molecule has 2 amide bonds. The number of methoxy groups -OCH3 is 1. The van der Waals surface area contributed by atoms with Crippen molar-refractivity contribution in [1.82, 2.24) is 14.9 Å². The summed E-state index contributed by atoms with van der Waals surface area (Å²) in [5, 5.41) is 13.3. The van der Waals surface area contributed by atoms with E-state index >= 15 is 0 Å². The Balaban J connectivity index is 1.52. The normalized spacial score (nSPS) is 19.4. The van der Waals surface area contributed by atoms with Crippen LogP contribution in [0, 0.1) is 12.3 Å². The molecule has 0 aliphatic carbocycles. The second-order valence-corrected chi connectivity index (χ2v) is 8.08. The predicted molar refractivity (Wildman–Crippen MR) is 114 cm³/mol. The van der Waals surface area contributed by atoms with Gasteiger partial charge in [0, 0.05) is 32.7 Å². The summed E-state index contributed by atoms with van der Waals surface area (Å²) in [6.07, 6.45) is 8.47. The molecule has 2 fully saturated rings. The summed E-state index contributed by atoms with van der Waals surface area (Å²) in [4.78, 5) is 22.3. The smallest absolute Gasteiger partial charge is 0.324 e. The number of amides is 2. The number of anilines is 1. The van der Waals surface area contributed by atoms with E-state index in [0.29, 0.717) is 50.0 Å². The number of nitrogens with zero attached hydrogens (tertiary/aromatic N) is 2. The summed E-state index contributed by atoms with van der Waals surface area (Å²) in [5.41, 5.74) is 1.86. The zero-order valence-corrected chi connectivity index (χ0v) is 17.2. The van der Waals surface area contributed by atoms with Crippen LogP contribution in [-0.2, 0) is 4.74 Å². The lowest BCUT2D eigenvalue weighted by Gasteiger charge is -2.36. The molecule has 160 valence electrons. The maximum Gasteiger partial charge on any atom is 0.324 e. The Bertz CT molecular complexity index is 950.